The van der Waals surface area contributed by atoms with Gasteiger partial charge in [0.25, 0.3) is 0 Å². The molecule has 0 spiro atoms. The second-order valence-electron chi connectivity index (χ2n) is 5.95. The van der Waals surface area contributed by atoms with Crippen LogP contribution in [0.2, 0.25) is 0 Å². The van der Waals surface area contributed by atoms with Crippen LogP contribution in [0, 0.1) is 0 Å². The predicted octanol–water partition coefficient (Wildman–Crippen LogP) is 2.25. The van der Waals surface area contributed by atoms with Crippen LogP contribution in [-0.2, 0) is 0 Å². The van der Waals surface area contributed by atoms with Crippen molar-refractivity contribution >= 4 is 23.1 Å². The predicted molar refractivity (Wildman–Crippen MR) is 97.4 cm³/mol. The van der Waals surface area contributed by atoms with Crippen LogP contribution in [0.5, 0.6) is 0 Å². The number of hydrogen-bond acceptors (Lipinski definition) is 5. The Kier molecular flexibility index (Phi) is 5.79. The number of piperazine rings is 1. The lowest BCUT2D eigenvalue weighted by atomic mass is 10.1. The van der Waals surface area contributed by atoms with Gasteiger partial charge in [-0.2, -0.15) is 0 Å². The van der Waals surface area contributed by atoms with Gasteiger partial charge in [0.1, 0.15) is 0 Å². The Balaban J connectivity index is 1.59. The van der Waals surface area contributed by atoms with Crippen LogP contribution in [0.1, 0.15) is 10.9 Å². The summed E-state index contributed by atoms with van der Waals surface area (Å²) in [4.78, 5) is 22.2. The van der Waals surface area contributed by atoms with E-state index in [4.69, 9.17) is 0 Å². The smallest absolute Gasteiger partial charge is 0.319 e. The molecule has 24 heavy (non-hydrogen) atoms. The fraction of sp³-hybridized carbons (Fsp3) is 0.412. The van der Waals surface area contributed by atoms with Gasteiger partial charge in [0.2, 0.25) is 0 Å². The first-order chi connectivity index (χ1) is 11.7. The van der Waals surface area contributed by atoms with Crippen LogP contribution in [0.25, 0.3) is 0 Å². The topological polar surface area (TPSA) is 60.5 Å². The molecule has 1 atom stereocenters. The van der Waals surface area contributed by atoms with Crippen molar-refractivity contribution in [3.8, 4) is 0 Å². The minimum atomic E-state index is -0.196. The van der Waals surface area contributed by atoms with Crippen molar-refractivity contribution in [2.24, 2.45) is 0 Å². The maximum Gasteiger partial charge on any atom is 0.319 e. The van der Waals surface area contributed by atoms with Gasteiger partial charge in [-0.15, -0.1) is 11.3 Å². The van der Waals surface area contributed by atoms with Crippen molar-refractivity contribution in [1.82, 2.24) is 20.1 Å². The highest BCUT2D eigenvalue weighted by Gasteiger charge is 2.25. The Labute approximate surface area is 146 Å². The second kappa shape index (κ2) is 8.23. The Morgan fingerprint density at radius 2 is 2.12 bits per heavy atom. The molecule has 3 rings (SSSR count). The number of likely N-dealkylation sites (N-methyl/N-ethyl adjacent to an activating group) is 1. The highest BCUT2D eigenvalue weighted by molar-refractivity contribution is 7.10. The van der Waals surface area contributed by atoms with E-state index in [0.29, 0.717) is 12.2 Å². The molecular weight excluding hydrogens is 322 g/mol. The molecule has 0 aromatic carbocycles. The maximum atomic E-state index is 12.1. The van der Waals surface area contributed by atoms with Crippen LogP contribution in [0.15, 0.2) is 42.0 Å². The summed E-state index contributed by atoms with van der Waals surface area (Å²) < 4.78 is 0. The van der Waals surface area contributed by atoms with Gasteiger partial charge in [-0.05, 0) is 30.6 Å². The number of anilines is 1. The van der Waals surface area contributed by atoms with Crippen LogP contribution < -0.4 is 10.6 Å². The number of urea groups is 1. The molecule has 1 aliphatic heterocycles. The highest BCUT2D eigenvalue weighted by atomic mass is 32.1. The third kappa shape index (κ3) is 4.53. The molecule has 1 saturated heterocycles. The molecule has 0 saturated carbocycles. The van der Waals surface area contributed by atoms with Gasteiger partial charge in [-0.1, -0.05) is 6.07 Å². The molecule has 1 aliphatic rings. The first-order valence-corrected chi connectivity index (χ1v) is 9.01. The number of thiophene rings is 1. The van der Waals surface area contributed by atoms with Crippen LogP contribution in [0.3, 0.4) is 0 Å². The molecule has 0 unspecified atom stereocenters. The number of nitrogens with zero attached hydrogens (tertiary/aromatic N) is 3. The third-order valence-corrected chi connectivity index (χ3v) is 5.20. The first-order valence-electron chi connectivity index (χ1n) is 8.13. The second-order valence-corrected chi connectivity index (χ2v) is 6.93. The van der Waals surface area contributed by atoms with Gasteiger partial charge in [-0.25, -0.2) is 4.79 Å². The van der Waals surface area contributed by atoms with E-state index in [1.54, 1.807) is 29.8 Å². The van der Waals surface area contributed by atoms with E-state index >= 15 is 0 Å². The molecule has 0 aliphatic carbocycles. The summed E-state index contributed by atoms with van der Waals surface area (Å²) >= 11 is 1.74. The number of pyridine rings is 1. The van der Waals surface area contributed by atoms with Gasteiger partial charge in [0.05, 0.1) is 17.9 Å². The normalized spacial score (nSPS) is 17.4. The minimum absolute atomic E-state index is 0.196. The largest absolute Gasteiger partial charge is 0.336 e. The lowest BCUT2D eigenvalue weighted by molar-refractivity contribution is 0.113. The lowest BCUT2D eigenvalue weighted by Gasteiger charge is -2.37. The Bertz CT molecular complexity index is 626. The van der Waals surface area contributed by atoms with Crippen LogP contribution in [0.4, 0.5) is 10.5 Å². The molecule has 3 heterocycles. The number of nitrogens with one attached hydrogen (secondary N) is 2. The van der Waals surface area contributed by atoms with Gasteiger partial charge in [-0.3, -0.25) is 9.88 Å². The Hall–Kier alpha value is -1.96. The van der Waals surface area contributed by atoms with Gasteiger partial charge in [0, 0.05) is 43.8 Å². The van der Waals surface area contributed by atoms with Gasteiger partial charge >= 0.3 is 6.03 Å². The lowest BCUT2D eigenvalue weighted by Crippen LogP contribution is -2.48. The van der Waals surface area contributed by atoms with Gasteiger partial charge in [0.15, 0.2) is 0 Å². The first kappa shape index (κ1) is 16.9. The standard InChI is InChI=1S/C17H23N5OS/c1-21-7-9-22(10-8-21)15(16-5-3-11-24-16)13-19-17(23)20-14-4-2-6-18-12-14/h2-6,11-12,15H,7-10,13H2,1H3,(H2,19,20,23)/t15-/m0/s1. The summed E-state index contributed by atoms with van der Waals surface area (Å²) in [7, 11) is 2.15. The van der Waals surface area contributed by atoms with Crippen molar-refractivity contribution in [1.29, 1.82) is 0 Å². The molecule has 0 bridgehead atoms. The molecule has 1 fully saturated rings. The van der Waals surface area contributed by atoms with Crippen LogP contribution in [-0.4, -0.2) is 60.6 Å². The number of rotatable bonds is 5. The highest BCUT2D eigenvalue weighted by Crippen LogP contribution is 2.25. The van der Waals surface area contributed by atoms with Crippen molar-refractivity contribution in [3.05, 3.63) is 46.9 Å². The molecule has 2 amide bonds. The number of amides is 2. The molecule has 6 nitrogen and oxygen atoms in total. The summed E-state index contributed by atoms with van der Waals surface area (Å²) in [5.41, 5.74) is 0.697. The van der Waals surface area contributed by atoms with Crippen LogP contribution >= 0.6 is 11.3 Å². The average Bonchev–Trinajstić information content (AvgIpc) is 3.12. The monoisotopic (exact) mass is 345 g/mol. The van der Waals surface area contributed by atoms with E-state index in [-0.39, 0.29) is 12.1 Å². The Morgan fingerprint density at radius 1 is 1.29 bits per heavy atom. The SMILES string of the molecule is CN1CCN([C@@H](CNC(=O)Nc2cccnc2)c2cccs2)CC1. The quantitative estimate of drug-likeness (QED) is 0.873. The van der Waals surface area contributed by atoms with E-state index in [1.165, 1.54) is 4.88 Å². The number of aromatic nitrogens is 1. The van der Waals surface area contributed by atoms with E-state index in [9.17, 15) is 4.79 Å². The fourth-order valence-corrected chi connectivity index (χ4v) is 3.69. The minimum Gasteiger partial charge on any atom is -0.336 e. The van der Waals surface area contributed by atoms with Crippen molar-refractivity contribution in [3.63, 3.8) is 0 Å². The van der Waals surface area contributed by atoms with Gasteiger partial charge < -0.3 is 15.5 Å². The Morgan fingerprint density at radius 3 is 2.79 bits per heavy atom. The third-order valence-electron chi connectivity index (χ3n) is 4.23. The zero-order chi connectivity index (χ0) is 16.8. The number of carbonyl (C=O) groups is 1. The molecule has 2 aromatic rings. The zero-order valence-electron chi connectivity index (χ0n) is 13.8. The molecular formula is C17H23N5OS. The van der Waals surface area contributed by atoms with E-state index < -0.39 is 0 Å². The molecule has 2 N–H and O–H groups in total. The molecule has 2 aromatic heterocycles. The molecule has 7 heteroatoms. The van der Waals surface area contributed by atoms with Crippen molar-refractivity contribution in [2.75, 3.05) is 45.1 Å². The van der Waals surface area contributed by atoms with Crippen molar-refractivity contribution < 1.29 is 4.79 Å². The number of hydrogen-bond donors (Lipinski definition) is 2. The average molecular weight is 345 g/mol. The zero-order valence-corrected chi connectivity index (χ0v) is 14.6. The summed E-state index contributed by atoms with van der Waals surface area (Å²) in [5.74, 6) is 0. The summed E-state index contributed by atoms with van der Waals surface area (Å²) in [6.07, 6.45) is 3.32. The maximum absolute atomic E-state index is 12.1. The molecule has 0 radical (unpaired) electrons. The number of carbonyl (C=O) groups excluding carboxylic acids is 1. The van der Waals surface area contributed by atoms with E-state index in [2.05, 4.69) is 50.0 Å². The summed E-state index contributed by atoms with van der Waals surface area (Å²) in [6.45, 7) is 4.75. The van der Waals surface area contributed by atoms with E-state index in [0.717, 1.165) is 26.2 Å². The van der Waals surface area contributed by atoms with E-state index in [1.807, 2.05) is 6.07 Å². The fourth-order valence-electron chi connectivity index (χ4n) is 2.83. The molecule has 128 valence electrons. The summed E-state index contributed by atoms with van der Waals surface area (Å²) in [6, 6.07) is 7.86. The van der Waals surface area contributed by atoms with Crippen molar-refractivity contribution in [2.45, 2.75) is 6.04 Å². The summed E-state index contributed by atoms with van der Waals surface area (Å²) in [5, 5.41) is 7.91.